The first kappa shape index (κ1) is 10.7. The van der Waals surface area contributed by atoms with E-state index in [2.05, 4.69) is 10.3 Å². The van der Waals surface area contributed by atoms with Crippen molar-refractivity contribution >= 4 is 11.6 Å². The Balaban J connectivity index is 2.06. The molecule has 15 heavy (non-hydrogen) atoms. The topological polar surface area (TPSA) is 34.2 Å². The van der Waals surface area contributed by atoms with Crippen molar-refractivity contribution < 1.29 is 4.74 Å². The molecule has 0 amide bonds. The summed E-state index contributed by atoms with van der Waals surface area (Å²) in [4.78, 5) is 4.37. The molecule has 1 saturated carbocycles. The van der Waals surface area contributed by atoms with Crippen LogP contribution in [0.3, 0.4) is 0 Å². The molecule has 0 unspecified atom stereocenters. The highest BCUT2D eigenvalue weighted by Gasteiger charge is 2.19. The lowest BCUT2D eigenvalue weighted by Gasteiger charge is -2.25. The maximum absolute atomic E-state index is 6.00. The molecule has 0 aliphatic heterocycles. The van der Waals surface area contributed by atoms with Crippen LogP contribution in [0.5, 0.6) is 5.88 Å². The van der Waals surface area contributed by atoms with Crippen LogP contribution in [0.25, 0.3) is 0 Å². The van der Waals surface area contributed by atoms with E-state index in [1.165, 1.54) is 6.42 Å². The van der Waals surface area contributed by atoms with Crippen LogP contribution in [0.15, 0.2) is 12.1 Å². The summed E-state index contributed by atoms with van der Waals surface area (Å²) in [5.74, 6) is 0.689. The molecule has 0 radical (unpaired) electrons. The van der Waals surface area contributed by atoms with Gasteiger partial charge in [0, 0.05) is 12.6 Å². The van der Waals surface area contributed by atoms with Gasteiger partial charge in [0.25, 0.3) is 0 Å². The third-order valence-electron chi connectivity index (χ3n) is 2.58. The van der Waals surface area contributed by atoms with Gasteiger partial charge in [0.2, 0.25) is 5.88 Å². The van der Waals surface area contributed by atoms with Gasteiger partial charge in [-0.3, -0.25) is 0 Å². The fourth-order valence-corrected chi connectivity index (χ4v) is 1.65. The first-order chi connectivity index (χ1) is 7.29. The minimum absolute atomic E-state index is 0.362. The van der Waals surface area contributed by atoms with Crippen LogP contribution < -0.4 is 10.1 Å². The summed E-state index contributed by atoms with van der Waals surface area (Å²) in [7, 11) is 1.87. The number of hydrogen-bond donors (Lipinski definition) is 1. The third kappa shape index (κ3) is 2.61. The fraction of sp³-hybridized carbons (Fsp3) is 0.545. The van der Waals surface area contributed by atoms with E-state index in [9.17, 15) is 0 Å². The second-order valence-electron chi connectivity index (χ2n) is 3.78. The lowest BCUT2D eigenvalue weighted by molar-refractivity contribution is 0.114. The van der Waals surface area contributed by atoms with E-state index < -0.39 is 0 Å². The van der Waals surface area contributed by atoms with Crippen molar-refractivity contribution in [2.75, 3.05) is 7.05 Å². The standard InChI is InChI=1S/C11H15ClN2O/c1-13-7-10-9(12)5-6-11(14-10)15-8-3-2-4-8/h5-6,8,13H,2-4,7H2,1H3. The van der Waals surface area contributed by atoms with Crippen LogP contribution in [-0.4, -0.2) is 18.1 Å². The van der Waals surface area contributed by atoms with E-state index in [-0.39, 0.29) is 0 Å². The van der Waals surface area contributed by atoms with Gasteiger partial charge in [0.05, 0.1) is 10.7 Å². The van der Waals surface area contributed by atoms with Crippen molar-refractivity contribution in [1.29, 1.82) is 0 Å². The van der Waals surface area contributed by atoms with Gasteiger partial charge in [-0.15, -0.1) is 0 Å². The molecule has 3 nitrogen and oxygen atoms in total. The van der Waals surface area contributed by atoms with E-state index in [0.717, 1.165) is 18.5 Å². The van der Waals surface area contributed by atoms with Crippen LogP contribution in [0.4, 0.5) is 0 Å². The minimum atomic E-state index is 0.362. The number of ether oxygens (including phenoxy) is 1. The molecule has 1 aromatic rings. The Morgan fingerprint density at radius 2 is 2.33 bits per heavy atom. The van der Waals surface area contributed by atoms with Gasteiger partial charge in [-0.2, -0.15) is 0 Å². The van der Waals surface area contributed by atoms with Crippen molar-refractivity contribution in [2.24, 2.45) is 0 Å². The summed E-state index contributed by atoms with van der Waals surface area (Å²) in [6.45, 7) is 0.667. The maximum Gasteiger partial charge on any atom is 0.213 e. The normalized spacial score (nSPS) is 16.1. The van der Waals surface area contributed by atoms with E-state index in [1.807, 2.05) is 19.2 Å². The quantitative estimate of drug-likeness (QED) is 0.856. The van der Waals surface area contributed by atoms with Gasteiger partial charge in [0.1, 0.15) is 6.10 Å². The second kappa shape index (κ2) is 4.81. The van der Waals surface area contributed by atoms with Gasteiger partial charge in [-0.1, -0.05) is 11.6 Å². The molecular formula is C11H15ClN2O. The van der Waals surface area contributed by atoms with Crippen LogP contribution in [0, 0.1) is 0 Å². The zero-order valence-electron chi connectivity index (χ0n) is 8.79. The monoisotopic (exact) mass is 226 g/mol. The van der Waals surface area contributed by atoms with Crippen LogP contribution >= 0.6 is 11.6 Å². The number of nitrogens with one attached hydrogen (secondary N) is 1. The average molecular weight is 227 g/mol. The van der Waals surface area contributed by atoms with Crippen molar-refractivity contribution in [3.05, 3.63) is 22.8 Å². The van der Waals surface area contributed by atoms with Crippen LogP contribution in [0.1, 0.15) is 25.0 Å². The van der Waals surface area contributed by atoms with Crippen molar-refractivity contribution in [3.8, 4) is 5.88 Å². The Morgan fingerprint density at radius 3 is 2.93 bits per heavy atom. The molecule has 1 aliphatic carbocycles. The predicted octanol–water partition coefficient (Wildman–Crippen LogP) is 2.39. The van der Waals surface area contributed by atoms with Crippen molar-refractivity contribution in [1.82, 2.24) is 10.3 Å². The number of rotatable bonds is 4. The SMILES string of the molecule is CNCc1nc(OC2CCC2)ccc1Cl. The fourth-order valence-electron chi connectivity index (χ4n) is 1.48. The van der Waals surface area contributed by atoms with Gasteiger partial charge < -0.3 is 10.1 Å². The maximum atomic E-state index is 6.00. The third-order valence-corrected chi connectivity index (χ3v) is 2.92. The molecule has 1 aliphatic rings. The highest BCUT2D eigenvalue weighted by molar-refractivity contribution is 6.31. The van der Waals surface area contributed by atoms with Crippen molar-refractivity contribution in [3.63, 3.8) is 0 Å². The van der Waals surface area contributed by atoms with Crippen LogP contribution in [0.2, 0.25) is 5.02 Å². The Bertz CT molecular complexity index is 339. The molecule has 0 spiro atoms. The van der Waals surface area contributed by atoms with E-state index in [4.69, 9.17) is 16.3 Å². The first-order valence-electron chi connectivity index (χ1n) is 5.26. The zero-order chi connectivity index (χ0) is 10.7. The summed E-state index contributed by atoms with van der Waals surface area (Å²) < 4.78 is 5.69. The molecule has 0 aromatic carbocycles. The molecule has 0 saturated heterocycles. The molecule has 1 aromatic heterocycles. The summed E-state index contributed by atoms with van der Waals surface area (Å²) in [5, 5.41) is 3.72. The Morgan fingerprint density at radius 1 is 1.53 bits per heavy atom. The van der Waals surface area contributed by atoms with Gasteiger partial charge in [-0.05, 0) is 32.4 Å². The van der Waals surface area contributed by atoms with Crippen molar-refractivity contribution in [2.45, 2.75) is 31.9 Å². The number of nitrogens with zero attached hydrogens (tertiary/aromatic N) is 1. The average Bonchev–Trinajstić information content (AvgIpc) is 2.17. The van der Waals surface area contributed by atoms with E-state index in [1.54, 1.807) is 0 Å². The van der Waals surface area contributed by atoms with Crippen LogP contribution in [-0.2, 0) is 6.54 Å². The van der Waals surface area contributed by atoms with E-state index >= 15 is 0 Å². The van der Waals surface area contributed by atoms with E-state index in [0.29, 0.717) is 23.6 Å². The zero-order valence-corrected chi connectivity index (χ0v) is 9.55. The molecule has 1 heterocycles. The Labute approximate surface area is 94.8 Å². The number of aromatic nitrogens is 1. The lowest BCUT2D eigenvalue weighted by Crippen LogP contribution is -2.25. The Kier molecular flexibility index (Phi) is 3.44. The van der Waals surface area contributed by atoms with Gasteiger partial charge in [0.15, 0.2) is 0 Å². The molecular weight excluding hydrogens is 212 g/mol. The summed E-state index contributed by atoms with van der Waals surface area (Å²) >= 11 is 6.00. The largest absolute Gasteiger partial charge is 0.474 e. The smallest absolute Gasteiger partial charge is 0.213 e. The molecule has 1 N–H and O–H groups in total. The molecule has 1 fully saturated rings. The Hall–Kier alpha value is -0.800. The molecule has 2 rings (SSSR count). The number of hydrogen-bond acceptors (Lipinski definition) is 3. The molecule has 0 bridgehead atoms. The molecule has 0 atom stereocenters. The molecule has 4 heteroatoms. The van der Waals surface area contributed by atoms with Gasteiger partial charge >= 0.3 is 0 Å². The molecule has 82 valence electrons. The number of pyridine rings is 1. The highest BCUT2D eigenvalue weighted by atomic mass is 35.5. The summed E-state index contributed by atoms with van der Waals surface area (Å²) in [5.41, 5.74) is 0.844. The summed E-state index contributed by atoms with van der Waals surface area (Å²) in [6.07, 6.45) is 3.92. The lowest BCUT2D eigenvalue weighted by atomic mass is 9.96. The number of halogens is 1. The minimum Gasteiger partial charge on any atom is -0.474 e. The summed E-state index contributed by atoms with van der Waals surface area (Å²) in [6, 6.07) is 3.68. The predicted molar refractivity (Wildman–Crippen MR) is 60.3 cm³/mol. The first-order valence-corrected chi connectivity index (χ1v) is 5.64. The second-order valence-corrected chi connectivity index (χ2v) is 4.19. The van der Waals surface area contributed by atoms with Gasteiger partial charge in [-0.25, -0.2) is 4.98 Å². The highest BCUT2D eigenvalue weighted by Crippen LogP contribution is 2.25.